The molecule has 0 atom stereocenters. The minimum Gasteiger partial charge on any atom is -0.496 e. The van der Waals surface area contributed by atoms with E-state index in [-0.39, 0.29) is 11.7 Å². The van der Waals surface area contributed by atoms with Gasteiger partial charge in [-0.1, -0.05) is 42.1 Å². The minimum atomic E-state index is -0.258. The fraction of sp³-hybridized carbons (Fsp3) is 0.154. The number of nitrogens with one attached hydrogen (secondary N) is 1. The second-order valence-corrected chi connectivity index (χ2v) is 9.21. The number of aromatic nitrogens is 3. The van der Waals surface area contributed by atoms with Gasteiger partial charge in [0.1, 0.15) is 11.5 Å². The summed E-state index contributed by atoms with van der Waals surface area (Å²) in [6.07, 6.45) is 1.57. The first-order chi connectivity index (χ1) is 17.6. The number of nitrogens with zero attached hydrogens (tertiary/aromatic N) is 4. The number of hydrogen-bond donors (Lipinski definition) is 1. The first kappa shape index (κ1) is 25.5. The molecule has 4 rings (SSSR count). The van der Waals surface area contributed by atoms with E-state index in [0.717, 1.165) is 32.8 Å². The summed E-state index contributed by atoms with van der Waals surface area (Å²) in [5, 5.41) is 13.4. The number of rotatable bonds is 10. The lowest BCUT2D eigenvalue weighted by molar-refractivity contribution is -0.118. The Kier molecular flexibility index (Phi) is 8.75. The molecule has 1 heterocycles. The third kappa shape index (κ3) is 6.32. The average molecular weight is 566 g/mol. The molecule has 0 bridgehead atoms. The molecule has 0 aliphatic heterocycles. The molecule has 1 amide bonds. The molecule has 0 saturated heterocycles. The highest BCUT2D eigenvalue weighted by Gasteiger charge is 2.17. The van der Waals surface area contributed by atoms with Crippen LogP contribution in [0.4, 0.5) is 0 Å². The lowest BCUT2D eigenvalue weighted by atomic mass is 10.2. The van der Waals surface area contributed by atoms with E-state index in [0.29, 0.717) is 17.6 Å². The lowest BCUT2D eigenvalue weighted by Crippen LogP contribution is -2.20. The van der Waals surface area contributed by atoms with E-state index in [1.807, 2.05) is 84.3 Å². The van der Waals surface area contributed by atoms with Crippen LogP contribution in [0.25, 0.3) is 17.1 Å². The number of thioether (sulfide) groups is 1. The van der Waals surface area contributed by atoms with Crippen molar-refractivity contribution >= 4 is 39.8 Å². The second kappa shape index (κ2) is 12.4. The lowest BCUT2D eigenvalue weighted by Gasteiger charge is -2.11. The molecule has 4 aromatic rings. The first-order valence-corrected chi connectivity index (χ1v) is 12.9. The molecule has 0 saturated carbocycles. The highest BCUT2D eigenvalue weighted by molar-refractivity contribution is 9.10. The molecular formula is C26H24BrN5O3S. The first-order valence-electron chi connectivity index (χ1n) is 11.1. The van der Waals surface area contributed by atoms with E-state index in [4.69, 9.17) is 9.47 Å². The Morgan fingerprint density at radius 1 is 1.11 bits per heavy atom. The molecule has 0 fully saturated rings. The number of halogens is 1. The number of methoxy groups -OCH3 is 1. The standard InChI is InChI=1S/C26H24BrN5O3S/c1-3-35-21-12-10-20(11-13-21)32-25(19-7-5-4-6-8-19)30-31-26(32)36-17-24(33)29-28-16-18-9-14-23(34-2)22(27)15-18/h4-16H,3,17H2,1-2H3,(H,29,33)/b28-16-. The molecule has 0 spiro atoms. The van der Waals surface area contributed by atoms with Crippen molar-refractivity contribution in [3.05, 3.63) is 82.8 Å². The third-order valence-electron chi connectivity index (χ3n) is 4.98. The van der Waals surface area contributed by atoms with Gasteiger partial charge in [-0.05, 0) is 70.9 Å². The fourth-order valence-corrected chi connectivity index (χ4v) is 4.64. The smallest absolute Gasteiger partial charge is 0.250 e. The average Bonchev–Trinajstić information content (AvgIpc) is 3.33. The van der Waals surface area contributed by atoms with Gasteiger partial charge >= 0.3 is 0 Å². The normalized spacial score (nSPS) is 11.0. The number of amides is 1. The molecule has 184 valence electrons. The van der Waals surface area contributed by atoms with Crippen molar-refractivity contribution in [2.75, 3.05) is 19.5 Å². The van der Waals surface area contributed by atoms with Crippen molar-refractivity contribution in [2.45, 2.75) is 12.1 Å². The van der Waals surface area contributed by atoms with Crippen molar-refractivity contribution in [3.8, 4) is 28.6 Å². The predicted molar refractivity (Wildman–Crippen MR) is 145 cm³/mol. The second-order valence-electron chi connectivity index (χ2n) is 7.41. The number of carbonyl (C=O) groups excluding carboxylic acids is 1. The molecule has 10 heteroatoms. The van der Waals surface area contributed by atoms with Gasteiger partial charge in [-0.15, -0.1) is 10.2 Å². The van der Waals surface area contributed by atoms with Crippen LogP contribution in [0, 0.1) is 0 Å². The van der Waals surface area contributed by atoms with Crippen LogP contribution in [0.5, 0.6) is 11.5 Å². The van der Waals surface area contributed by atoms with Crippen LogP contribution in [0.1, 0.15) is 12.5 Å². The van der Waals surface area contributed by atoms with Crippen molar-refractivity contribution in [1.29, 1.82) is 0 Å². The summed E-state index contributed by atoms with van der Waals surface area (Å²) < 4.78 is 13.5. The molecule has 0 radical (unpaired) electrons. The zero-order valence-corrected chi connectivity index (χ0v) is 22.1. The molecule has 36 heavy (non-hydrogen) atoms. The summed E-state index contributed by atoms with van der Waals surface area (Å²) in [6.45, 7) is 2.54. The molecule has 1 aromatic heterocycles. The van der Waals surface area contributed by atoms with E-state index < -0.39 is 0 Å². The van der Waals surface area contributed by atoms with Gasteiger partial charge in [0.2, 0.25) is 0 Å². The SMILES string of the molecule is CCOc1ccc(-n2c(SCC(=O)N/N=C\c3ccc(OC)c(Br)c3)nnc2-c2ccccc2)cc1. The van der Waals surface area contributed by atoms with Crippen LogP contribution in [0.3, 0.4) is 0 Å². The monoisotopic (exact) mass is 565 g/mol. The van der Waals surface area contributed by atoms with E-state index >= 15 is 0 Å². The Bertz CT molecular complexity index is 1340. The predicted octanol–water partition coefficient (Wildman–Crippen LogP) is 5.35. The summed E-state index contributed by atoms with van der Waals surface area (Å²) >= 11 is 4.72. The molecular weight excluding hydrogens is 542 g/mol. The summed E-state index contributed by atoms with van der Waals surface area (Å²) in [6, 6.07) is 23.0. The highest BCUT2D eigenvalue weighted by atomic mass is 79.9. The van der Waals surface area contributed by atoms with E-state index in [9.17, 15) is 4.79 Å². The Morgan fingerprint density at radius 3 is 2.58 bits per heavy atom. The van der Waals surface area contributed by atoms with Gasteiger partial charge in [0, 0.05) is 11.3 Å². The zero-order valence-electron chi connectivity index (χ0n) is 19.7. The highest BCUT2D eigenvalue weighted by Crippen LogP contribution is 2.29. The quantitative estimate of drug-likeness (QED) is 0.158. The molecule has 1 N–H and O–H groups in total. The maximum absolute atomic E-state index is 12.5. The van der Waals surface area contributed by atoms with Crippen molar-refractivity contribution in [3.63, 3.8) is 0 Å². The summed E-state index contributed by atoms with van der Waals surface area (Å²) in [5.74, 6) is 2.05. The molecule has 0 aliphatic carbocycles. The van der Waals surface area contributed by atoms with Crippen molar-refractivity contribution < 1.29 is 14.3 Å². The Morgan fingerprint density at radius 2 is 1.89 bits per heavy atom. The molecule has 8 nitrogen and oxygen atoms in total. The Labute approximate surface area is 221 Å². The van der Waals surface area contributed by atoms with Crippen LogP contribution >= 0.6 is 27.7 Å². The minimum absolute atomic E-state index is 0.119. The number of carbonyl (C=O) groups is 1. The van der Waals surface area contributed by atoms with Crippen LogP contribution in [0.15, 0.2) is 87.5 Å². The number of ether oxygens (including phenoxy) is 2. The maximum Gasteiger partial charge on any atom is 0.250 e. The zero-order chi connectivity index (χ0) is 25.3. The number of hydrogen-bond acceptors (Lipinski definition) is 7. The summed E-state index contributed by atoms with van der Waals surface area (Å²) in [5.41, 5.74) is 5.17. The largest absolute Gasteiger partial charge is 0.496 e. The number of hydrazone groups is 1. The van der Waals surface area contributed by atoms with Gasteiger partial charge in [-0.2, -0.15) is 5.10 Å². The summed E-state index contributed by atoms with van der Waals surface area (Å²) in [4.78, 5) is 12.5. The van der Waals surface area contributed by atoms with E-state index in [1.54, 1.807) is 13.3 Å². The van der Waals surface area contributed by atoms with Gasteiger partial charge in [0.05, 0.1) is 30.2 Å². The van der Waals surface area contributed by atoms with Crippen LogP contribution in [0.2, 0.25) is 0 Å². The Hall–Kier alpha value is -3.63. The van der Waals surface area contributed by atoms with Crippen molar-refractivity contribution in [2.24, 2.45) is 5.10 Å². The summed E-state index contributed by atoms with van der Waals surface area (Å²) in [7, 11) is 1.60. The van der Waals surface area contributed by atoms with E-state index in [2.05, 4.69) is 36.7 Å². The molecule has 3 aromatic carbocycles. The van der Waals surface area contributed by atoms with Crippen LogP contribution in [-0.2, 0) is 4.79 Å². The van der Waals surface area contributed by atoms with Gasteiger partial charge < -0.3 is 9.47 Å². The third-order valence-corrected chi connectivity index (χ3v) is 6.53. The number of benzene rings is 3. The maximum atomic E-state index is 12.5. The fourth-order valence-electron chi connectivity index (χ4n) is 3.33. The van der Waals surface area contributed by atoms with Gasteiger partial charge in [-0.25, -0.2) is 5.43 Å². The van der Waals surface area contributed by atoms with Gasteiger partial charge in [-0.3, -0.25) is 9.36 Å². The van der Waals surface area contributed by atoms with Crippen LogP contribution in [-0.4, -0.2) is 46.4 Å². The molecule has 0 unspecified atom stereocenters. The van der Waals surface area contributed by atoms with Gasteiger partial charge in [0.15, 0.2) is 11.0 Å². The van der Waals surface area contributed by atoms with Crippen molar-refractivity contribution in [1.82, 2.24) is 20.2 Å². The Balaban J connectivity index is 1.48. The van der Waals surface area contributed by atoms with Gasteiger partial charge in [0.25, 0.3) is 5.91 Å². The topological polar surface area (TPSA) is 90.6 Å². The van der Waals surface area contributed by atoms with E-state index in [1.165, 1.54) is 11.8 Å². The van der Waals surface area contributed by atoms with Crippen LogP contribution < -0.4 is 14.9 Å². The molecule has 0 aliphatic rings.